The number of hydrazone groups is 1. The van der Waals surface area contributed by atoms with Crippen molar-refractivity contribution in [2.45, 2.75) is 0 Å². The largest absolute Gasteiger partial charge is 0.497 e. The van der Waals surface area contributed by atoms with E-state index >= 15 is 0 Å². The summed E-state index contributed by atoms with van der Waals surface area (Å²) in [5, 5.41) is 14.4. The fourth-order valence-corrected chi connectivity index (χ4v) is 1.88. The van der Waals surface area contributed by atoms with Crippen molar-refractivity contribution in [1.82, 2.24) is 5.43 Å². The van der Waals surface area contributed by atoms with Gasteiger partial charge in [0.1, 0.15) is 11.5 Å². The number of non-ortho nitro benzene ring substituents is 1. The van der Waals surface area contributed by atoms with Crippen LogP contribution in [0, 0.1) is 10.1 Å². The summed E-state index contributed by atoms with van der Waals surface area (Å²) in [5.74, 6) is 0.704. The number of methoxy groups -OCH3 is 2. The summed E-state index contributed by atoms with van der Waals surface area (Å²) in [5.41, 5.74) is 3.18. The molecule has 0 saturated carbocycles. The molecule has 1 amide bonds. The van der Waals surface area contributed by atoms with Gasteiger partial charge in [0.05, 0.1) is 25.4 Å². The predicted octanol–water partition coefficient (Wildman–Crippen LogP) is 2.38. The molecule has 0 bridgehead atoms. The monoisotopic (exact) mass is 329 g/mol. The second kappa shape index (κ2) is 7.73. The van der Waals surface area contributed by atoms with Crippen molar-refractivity contribution < 1.29 is 19.2 Å². The maximum Gasteiger partial charge on any atom is 0.271 e. The Balaban J connectivity index is 2.05. The second-order valence-corrected chi connectivity index (χ2v) is 4.61. The molecule has 124 valence electrons. The lowest BCUT2D eigenvalue weighted by atomic mass is 10.2. The van der Waals surface area contributed by atoms with Gasteiger partial charge in [-0.15, -0.1) is 0 Å². The number of nitro benzene ring substituents is 1. The van der Waals surface area contributed by atoms with E-state index in [-0.39, 0.29) is 11.3 Å². The third kappa shape index (κ3) is 4.07. The van der Waals surface area contributed by atoms with E-state index in [0.29, 0.717) is 17.1 Å². The van der Waals surface area contributed by atoms with E-state index in [1.165, 1.54) is 37.6 Å². The Labute approximate surface area is 137 Å². The Kier molecular flexibility index (Phi) is 5.45. The molecule has 0 aliphatic carbocycles. The quantitative estimate of drug-likeness (QED) is 0.498. The van der Waals surface area contributed by atoms with E-state index in [2.05, 4.69) is 10.5 Å². The minimum atomic E-state index is -0.532. The molecule has 0 radical (unpaired) electrons. The van der Waals surface area contributed by atoms with Gasteiger partial charge >= 0.3 is 0 Å². The predicted molar refractivity (Wildman–Crippen MR) is 87.7 cm³/mol. The minimum absolute atomic E-state index is 0.0852. The van der Waals surface area contributed by atoms with Crippen molar-refractivity contribution in [3.8, 4) is 11.5 Å². The summed E-state index contributed by atoms with van der Waals surface area (Å²) in [7, 11) is 3.06. The van der Waals surface area contributed by atoms with Crippen molar-refractivity contribution in [3.05, 3.63) is 63.7 Å². The summed E-state index contributed by atoms with van der Waals surface area (Å²) in [4.78, 5) is 22.0. The zero-order chi connectivity index (χ0) is 17.5. The van der Waals surface area contributed by atoms with Crippen LogP contribution in [-0.2, 0) is 0 Å². The van der Waals surface area contributed by atoms with Gasteiger partial charge < -0.3 is 9.47 Å². The number of carbonyl (C=O) groups is 1. The first-order chi connectivity index (χ1) is 11.5. The Morgan fingerprint density at radius 3 is 2.46 bits per heavy atom. The van der Waals surface area contributed by atoms with Gasteiger partial charge in [-0.05, 0) is 24.3 Å². The van der Waals surface area contributed by atoms with Crippen LogP contribution in [-0.4, -0.2) is 31.3 Å². The molecule has 0 unspecified atom stereocenters. The number of rotatable bonds is 6. The lowest BCUT2D eigenvalue weighted by molar-refractivity contribution is -0.384. The highest BCUT2D eigenvalue weighted by Crippen LogP contribution is 2.23. The van der Waals surface area contributed by atoms with Gasteiger partial charge in [-0.2, -0.15) is 5.10 Å². The molecule has 0 heterocycles. The van der Waals surface area contributed by atoms with Gasteiger partial charge in [-0.3, -0.25) is 14.9 Å². The normalized spacial score (nSPS) is 10.4. The van der Waals surface area contributed by atoms with Crippen LogP contribution < -0.4 is 14.9 Å². The van der Waals surface area contributed by atoms with Gasteiger partial charge in [-0.25, -0.2) is 5.43 Å². The van der Waals surface area contributed by atoms with Gasteiger partial charge in [0, 0.05) is 29.3 Å². The first-order valence-electron chi connectivity index (χ1n) is 6.85. The Bertz CT molecular complexity index is 772. The van der Waals surface area contributed by atoms with Crippen LogP contribution in [0.5, 0.6) is 11.5 Å². The topological polar surface area (TPSA) is 103 Å². The second-order valence-electron chi connectivity index (χ2n) is 4.61. The van der Waals surface area contributed by atoms with E-state index in [1.54, 1.807) is 25.3 Å². The van der Waals surface area contributed by atoms with Gasteiger partial charge in [0.15, 0.2) is 0 Å². The summed E-state index contributed by atoms with van der Waals surface area (Å²) in [6, 6.07) is 10.4. The van der Waals surface area contributed by atoms with Gasteiger partial charge in [0.25, 0.3) is 11.6 Å². The molecule has 2 rings (SSSR count). The lowest BCUT2D eigenvalue weighted by Crippen LogP contribution is -2.17. The van der Waals surface area contributed by atoms with Crippen LogP contribution in [0.25, 0.3) is 0 Å². The highest BCUT2D eigenvalue weighted by molar-refractivity contribution is 5.95. The van der Waals surface area contributed by atoms with Crippen LogP contribution in [0.4, 0.5) is 5.69 Å². The third-order valence-corrected chi connectivity index (χ3v) is 3.15. The number of ether oxygens (including phenoxy) is 2. The molecule has 0 fully saturated rings. The van der Waals surface area contributed by atoms with Crippen LogP contribution in [0.1, 0.15) is 15.9 Å². The van der Waals surface area contributed by atoms with Crippen molar-refractivity contribution in [3.63, 3.8) is 0 Å². The first kappa shape index (κ1) is 16.9. The first-order valence-corrected chi connectivity index (χ1v) is 6.85. The molecule has 0 aliphatic rings. The van der Waals surface area contributed by atoms with Crippen molar-refractivity contribution in [2.24, 2.45) is 5.10 Å². The maximum atomic E-state index is 11.9. The molecule has 0 aliphatic heterocycles. The molecule has 0 spiro atoms. The molecule has 0 aromatic heterocycles. The molecular formula is C16H15N3O5. The fourth-order valence-electron chi connectivity index (χ4n) is 1.88. The summed E-state index contributed by atoms with van der Waals surface area (Å²) < 4.78 is 10.3. The number of amides is 1. The molecule has 24 heavy (non-hydrogen) atoms. The summed E-state index contributed by atoms with van der Waals surface area (Å²) in [6.45, 7) is 0. The average Bonchev–Trinajstić information content (AvgIpc) is 2.61. The van der Waals surface area contributed by atoms with Gasteiger partial charge in [-0.1, -0.05) is 0 Å². The number of hydrogen-bond donors (Lipinski definition) is 1. The van der Waals surface area contributed by atoms with Crippen molar-refractivity contribution >= 4 is 17.8 Å². The molecule has 8 heteroatoms. The molecule has 0 atom stereocenters. The van der Waals surface area contributed by atoms with Crippen molar-refractivity contribution in [1.29, 1.82) is 0 Å². The molecular weight excluding hydrogens is 314 g/mol. The summed E-state index contributed by atoms with van der Waals surface area (Å²) in [6.07, 6.45) is 1.43. The zero-order valence-corrected chi connectivity index (χ0v) is 13.1. The Hall–Kier alpha value is -3.42. The van der Waals surface area contributed by atoms with E-state index in [9.17, 15) is 14.9 Å². The average molecular weight is 329 g/mol. The van der Waals surface area contributed by atoms with E-state index in [0.717, 1.165) is 0 Å². The number of carbonyl (C=O) groups excluding carboxylic acids is 1. The SMILES string of the molecule is COc1ccc(C=NNC(=O)c2ccc([N+](=O)[O-])cc2)c(OC)c1. The highest BCUT2D eigenvalue weighted by atomic mass is 16.6. The standard InChI is InChI=1S/C16H15N3O5/c1-23-14-8-5-12(15(9-14)24-2)10-17-18-16(20)11-3-6-13(7-4-11)19(21)22/h3-10H,1-2H3,(H,18,20). The van der Waals surface area contributed by atoms with E-state index in [1.807, 2.05) is 0 Å². The highest BCUT2D eigenvalue weighted by Gasteiger charge is 2.09. The number of benzene rings is 2. The van der Waals surface area contributed by atoms with Crippen molar-refractivity contribution in [2.75, 3.05) is 14.2 Å². The van der Waals surface area contributed by atoms with E-state index in [4.69, 9.17) is 9.47 Å². The smallest absolute Gasteiger partial charge is 0.271 e. The zero-order valence-electron chi connectivity index (χ0n) is 13.1. The summed E-state index contributed by atoms with van der Waals surface area (Å²) >= 11 is 0. The molecule has 2 aromatic rings. The van der Waals surface area contributed by atoms with E-state index < -0.39 is 10.8 Å². The molecule has 2 aromatic carbocycles. The number of hydrogen-bond acceptors (Lipinski definition) is 6. The third-order valence-electron chi connectivity index (χ3n) is 3.15. The van der Waals surface area contributed by atoms with Crippen LogP contribution >= 0.6 is 0 Å². The van der Waals surface area contributed by atoms with Crippen LogP contribution in [0.15, 0.2) is 47.6 Å². The number of nitro groups is 1. The van der Waals surface area contributed by atoms with Crippen LogP contribution in [0.3, 0.4) is 0 Å². The maximum absolute atomic E-state index is 11.9. The minimum Gasteiger partial charge on any atom is -0.497 e. The molecule has 1 N–H and O–H groups in total. The molecule has 0 saturated heterocycles. The molecule has 8 nitrogen and oxygen atoms in total. The van der Waals surface area contributed by atoms with Gasteiger partial charge in [0.2, 0.25) is 0 Å². The fraction of sp³-hybridized carbons (Fsp3) is 0.125. The Morgan fingerprint density at radius 1 is 1.17 bits per heavy atom. The number of nitrogens with one attached hydrogen (secondary N) is 1. The lowest BCUT2D eigenvalue weighted by Gasteiger charge is -2.06. The van der Waals surface area contributed by atoms with Crippen LogP contribution in [0.2, 0.25) is 0 Å². The Morgan fingerprint density at radius 2 is 1.88 bits per heavy atom. The number of nitrogens with zero attached hydrogens (tertiary/aromatic N) is 2.